The number of benzene rings is 1. The molecule has 2 atom stereocenters. The fourth-order valence-electron chi connectivity index (χ4n) is 3.79. The van der Waals surface area contributed by atoms with Gasteiger partial charge in [-0.1, -0.05) is 30.3 Å². The molecule has 0 radical (unpaired) electrons. The smallest absolute Gasteiger partial charge is 0.306 e. The number of carboxylic acids is 1. The highest BCUT2D eigenvalue weighted by Gasteiger charge is 2.33. The molecule has 2 unspecified atom stereocenters. The highest BCUT2D eigenvalue weighted by atomic mass is 16.5. The molecule has 3 rings (SSSR count). The zero-order chi connectivity index (χ0) is 16.9. The summed E-state index contributed by atoms with van der Waals surface area (Å²) in [6.07, 6.45) is 4.46. The summed E-state index contributed by atoms with van der Waals surface area (Å²) < 4.78 is 5.81. The fraction of sp³-hybridized carbons (Fsp3) is 0.579. The van der Waals surface area contributed by atoms with Crippen molar-refractivity contribution in [1.82, 2.24) is 5.32 Å². The second-order valence-electron chi connectivity index (χ2n) is 6.84. The van der Waals surface area contributed by atoms with Crippen molar-refractivity contribution in [2.45, 2.75) is 50.7 Å². The van der Waals surface area contributed by atoms with Gasteiger partial charge in [-0.3, -0.25) is 9.59 Å². The van der Waals surface area contributed by atoms with Crippen LogP contribution in [0, 0.1) is 11.8 Å². The van der Waals surface area contributed by atoms with Crippen LogP contribution in [0.4, 0.5) is 0 Å². The van der Waals surface area contributed by atoms with E-state index in [9.17, 15) is 9.59 Å². The van der Waals surface area contributed by atoms with Gasteiger partial charge in [0.2, 0.25) is 5.91 Å². The first-order valence-corrected chi connectivity index (χ1v) is 8.85. The number of carbonyl (C=O) groups is 2. The zero-order valence-electron chi connectivity index (χ0n) is 13.8. The van der Waals surface area contributed by atoms with Crippen LogP contribution in [0.25, 0.3) is 0 Å². The van der Waals surface area contributed by atoms with Crippen LogP contribution < -0.4 is 5.32 Å². The Morgan fingerprint density at radius 1 is 1.04 bits per heavy atom. The minimum absolute atomic E-state index is 0.0201. The lowest BCUT2D eigenvalue weighted by Crippen LogP contribution is -2.40. The van der Waals surface area contributed by atoms with Crippen molar-refractivity contribution in [3.8, 4) is 0 Å². The fourth-order valence-corrected chi connectivity index (χ4v) is 3.79. The molecule has 1 heterocycles. The van der Waals surface area contributed by atoms with E-state index < -0.39 is 5.97 Å². The number of nitrogens with one attached hydrogen (secondary N) is 1. The van der Waals surface area contributed by atoms with E-state index in [1.165, 1.54) is 0 Å². The van der Waals surface area contributed by atoms with E-state index in [1.807, 2.05) is 30.3 Å². The van der Waals surface area contributed by atoms with E-state index in [4.69, 9.17) is 9.84 Å². The van der Waals surface area contributed by atoms with Gasteiger partial charge < -0.3 is 15.2 Å². The molecule has 1 saturated carbocycles. The summed E-state index contributed by atoms with van der Waals surface area (Å²) in [4.78, 5) is 23.8. The highest BCUT2D eigenvalue weighted by Crippen LogP contribution is 2.31. The number of rotatable bonds is 5. The molecule has 0 aromatic heterocycles. The van der Waals surface area contributed by atoms with E-state index in [0.717, 1.165) is 25.0 Å². The summed E-state index contributed by atoms with van der Waals surface area (Å²) >= 11 is 0. The average Bonchev–Trinajstić information content (AvgIpc) is 3.14. The highest BCUT2D eigenvalue weighted by molar-refractivity contribution is 5.80. The van der Waals surface area contributed by atoms with Crippen LogP contribution in [0.1, 0.15) is 50.1 Å². The van der Waals surface area contributed by atoms with Gasteiger partial charge in [0.25, 0.3) is 0 Å². The molecule has 1 aliphatic carbocycles. The zero-order valence-corrected chi connectivity index (χ0v) is 13.8. The average molecular weight is 331 g/mol. The second-order valence-corrected chi connectivity index (χ2v) is 6.84. The SMILES string of the molecule is O=C(O)C1CCC(C(=O)NC(c2ccccc2)C2CCCO2)CC1. The third-order valence-electron chi connectivity index (χ3n) is 5.24. The molecular formula is C19H25NO4. The number of carboxylic acid groups (broad SMARTS) is 1. The Hall–Kier alpha value is -1.88. The van der Waals surface area contributed by atoms with Crippen molar-refractivity contribution in [2.75, 3.05) is 6.61 Å². The quantitative estimate of drug-likeness (QED) is 0.870. The van der Waals surface area contributed by atoms with Gasteiger partial charge in [-0.15, -0.1) is 0 Å². The van der Waals surface area contributed by atoms with Gasteiger partial charge in [0.05, 0.1) is 18.1 Å². The van der Waals surface area contributed by atoms with Crippen molar-refractivity contribution in [3.63, 3.8) is 0 Å². The van der Waals surface area contributed by atoms with E-state index in [-0.39, 0.29) is 29.9 Å². The second kappa shape index (κ2) is 7.79. The number of hydrogen-bond donors (Lipinski definition) is 2. The molecule has 2 N–H and O–H groups in total. The van der Waals surface area contributed by atoms with E-state index >= 15 is 0 Å². The first kappa shape index (κ1) is 17.0. The third-order valence-corrected chi connectivity index (χ3v) is 5.24. The van der Waals surface area contributed by atoms with Gasteiger partial charge in [0.15, 0.2) is 0 Å². The predicted octanol–water partition coefficient (Wildman–Crippen LogP) is 2.91. The monoisotopic (exact) mass is 331 g/mol. The molecule has 1 aromatic rings. The summed E-state index contributed by atoms with van der Waals surface area (Å²) in [5.74, 6) is -1.09. The van der Waals surface area contributed by atoms with Crippen molar-refractivity contribution >= 4 is 11.9 Å². The Bertz CT molecular complexity index is 560. The van der Waals surface area contributed by atoms with Crippen LogP contribution in [0.2, 0.25) is 0 Å². The van der Waals surface area contributed by atoms with Crippen molar-refractivity contribution in [2.24, 2.45) is 11.8 Å². The van der Waals surface area contributed by atoms with Gasteiger partial charge in [-0.25, -0.2) is 0 Å². The molecule has 1 aromatic carbocycles. The number of amides is 1. The topological polar surface area (TPSA) is 75.6 Å². The normalized spacial score (nSPS) is 28.2. The molecule has 1 aliphatic heterocycles. The maximum absolute atomic E-state index is 12.7. The van der Waals surface area contributed by atoms with Crippen LogP contribution in [-0.2, 0) is 14.3 Å². The molecule has 2 fully saturated rings. The molecule has 0 spiro atoms. The maximum atomic E-state index is 12.7. The van der Waals surface area contributed by atoms with Crippen LogP contribution in [0.15, 0.2) is 30.3 Å². The van der Waals surface area contributed by atoms with Gasteiger partial charge in [-0.2, -0.15) is 0 Å². The lowest BCUT2D eigenvalue weighted by molar-refractivity contribution is -0.144. The predicted molar refractivity (Wildman–Crippen MR) is 89.4 cm³/mol. The maximum Gasteiger partial charge on any atom is 0.306 e. The molecule has 1 saturated heterocycles. The molecule has 1 amide bonds. The van der Waals surface area contributed by atoms with E-state index in [0.29, 0.717) is 25.7 Å². The number of hydrogen-bond acceptors (Lipinski definition) is 3. The number of ether oxygens (including phenoxy) is 1. The van der Waals surface area contributed by atoms with E-state index in [1.54, 1.807) is 0 Å². The Balaban J connectivity index is 1.64. The van der Waals surface area contributed by atoms with Gasteiger partial charge in [0.1, 0.15) is 0 Å². The van der Waals surface area contributed by atoms with E-state index in [2.05, 4.69) is 5.32 Å². The number of aliphatic carboxylic acids is 1. The Labute approximate surface area is 142 Å². The summed E-state index contributed by atoms with van der Waals surface area (Å²) in [5.41, 5.74) is 1.07. The third kappa shape index (κ3) is 3.96. The molecule has 0 bridgehead atoms. The van der Waals surface area contributed by atoms with Gasteiger partial charge >= 0.3 is 5.97 Å². The lowest BCUT2D eigenvalue weighted by atomic mass is 9.81. The standard InChI is InChI=1S/C19H25NO4/c21-18(14-8-10-15(11-9-14)19(22)23)20-17(16-7-4-12-24-16)13-5-2-1-3-6-13/h1-3,5-6,14-17H,4,7-12H2,(H,20,21)(H,22,23). The molecular weight excluding hydrogens is 306 g/mol. The summed E-state index contributed by atoms with van der Waals surface area (Å²) in [5, 5.41) is 12.3. The van der Waals surface area contributed by atoms with Gasteiger partial charge in [-0.05, 0) is 44.1 Å². The summed E-state index contributed by atoms with van der Waals surface area (Å²) in [7, 11) is 0. The van der Waals surface area contributed by atoms with Crippen LogP contribution in [0.5, 0.6) is 0 Å². The number of carbonyl (C=O) groups excluding carboxylic acids is 1. The molecule has 24 heavy (non-hydrogen) atoms. The van der Waals surface area contributed by atoms with Crippen molar-refractivity contribution < 1.29 is 19.4 Å². The molecule has 2 aliphatic rings. The Kier molecular flexibility index (Phi) is 5.51. The minimum atomic E-state index is -0.740. The molecule has 130 valence electrons. The van der Waals surface area contributed by atoms with Crippen molar-refractivity contribution in [3.05, 3.63) is 35.9 Å². The Morgan fingerprint density at radius 3 is 2.29 bits per heavy atom. The van der Waals surface area contributed by atoms with Gasteiger partial charge in [0, 0.05) is 12.5 Å². The van der Waals surface area contributed by atoms with Crippen LogP contribution in [-0.4, -0.2) is 29.7 Å². The van der Waals surface area contributed by atoms with Crippen molar-refractivity contribution in [1.29, 1.82) is 0 Å². The Morgan fingerprint density at radius 2 is 1.71 bits per heavy atom. The minimum Gasteiger partial charge on any atom is -0.481 e. The first-order valence-electron chi connectivity index (χ1n) is 8.85. The molecule has 5 heteroatoms. The largest absolute Gasteiger partial charge is 0.481 e. The first-order chi connectivity index (χ1) is 11.6. The summed E-state index contributed by atoms with van der Waals surface area (Å²) in [6.45, 7) is 0.744. The van der Waals surface area contributed by atoms with Crippen LogP contribution in [0.3, 0.4) is 0 Å². The lowest BCUT2D eigenvalue weighted by Gasteiger charge is -2.29. The molecule has 5 nitrogen and oxygen atoms in total. The van der Waals surface area contributed by atoms with Crippen LogP contribution >= 0.6 is 0 Å². The summed E-state index contributed by atoms with van der Waals surface area (Å²) in [6, 6.07) is 9.83.